The van der Waals surface area contributed by atoms with Gasteiger partial charge in [0, 0.05) is 24.4 Å². The second-order valence-corrected chi connectivity index (χ2v) is 6.23. The summed E-state index contributed by atoms with van der Waals surface area (Å²) in [6, 6.07) is 12.1. The van der Waals surface area contributed by atoms with E-state index in [1.165, 1.54) is 16.9 Å². The SMILES string of the molecule is Nc1sc(Cc2ccccc2)cc1C(=O)N1CCOCC1. The number of amides is 1. The molecule has 0 saturated carbocycles. The lowest BCUT2D eigenvalue weighted by Gasteiger charge is -2.26. The molecule has 1 fully saturated rings. The number of benzene rings is 1. The normalized spacial score (nSPS) is 15.1. The number of anilines is 1. The first-order chi connectivity index (χ1) is 10.2. The lowest BCUT2D eigenvalue weighted by atomic mass is 10.1. The largest absolute Gasteiger partial charge is 0.390 e. The van der Waals surface area contributed by atoms with Crippen LogP contribution in [-0.4, -0.2) is 37.1 Å². The number of nitrogen functional groups attached to an aromatic ring is 1. The molecule has 0 unspecified atom stereocenters. The third-order valence-corrected chi connectivity index (χ3v) is 4.53. The Balaban J connectivity index is 1.76. The quantitative estimate of drug-likeness (QED) is 0.947. The second kappa shape index (κ2) is 6.28. The van der Waals surface area contributed by atoms with Crippen LogP contribution in [0.5, 0.6) is 0 Å². The highest BCUT2D eigenvalue weighted by Gasteiger charge is 2.22. The fourth-order valence-corrected chi connectivity index (χ4v) is 3.40. The summed E-state index contributed by atoms with van der Waals surface area (Å²) in [4.78, 5) is 15.4. The number of thiophene rings is 1. The first kappa shape index (κ1) is 14.1. The lowest BCUT2D eigenvalue weighted by Crippen LogP contribution is -2.40. The zero-order valence-corrected chi connectivity index (χ0v) is 12.6. The van der Waals surface area contributed by atoms with Crippen LogP contribution in [0.4, 0.5) is 5.00 Å². The molecule has 4 nitrogen and oxygen atoms in total. The average Bonchev–Trinajstić information content (AvgIpc) is 2.89. The molecule has 3 rings (SSSR count). The molecule has 5 heteroatoms. The minimum Gasteiger partial charge on any atom is -0.390 e. The smallest absolute Gasteiger partial charge is 0.257 e. The first-order valence-corrected chi connectivity index (χ1v) is 7.85. The minimum absolute atomic E-state index is 0.0198. The van der Waals surface area contributed by atoms with Gasteiger partial charge >= 0.3 is 0 Å². The van der Waals surface area contributed by atoms with Crippen LogP contribution in [0.2, 0.25) is 0 Å². The summed E-state index contributed by atoms with van der Waals surface area (Å²) in [5.41, 5.74) is 7.90. The van der Waals surface area contributed by atoms with Gasteiger partial charge in [0.05, 0.1) is 23.8 Å². The van der Waals surface area contributed by atoms with Crippen molar-refractivity contribution < 1.29 is 9.53 Å². The van der Waals surface area contributed by atoms with Gasteiger partial charge in [-0.15, -0.1) is 11.3 Å². The predicted molar refractivity (Wildman–Crippen MR) is 84.7 cm³/mol. The number of nitrogens with two attached hydrogens (primary N) is 1. The minimum atomic E-state index is 0.0198. The number of morpholine rings is 1. The van der Waals surface area contributed by atoms with Crippen LogP contribution in [0.25, 0.3) is 0 Å². The summed E-state index contributed by atoms with van der Waals surface area (Å²) in [5.74, 6) is 0.0198. The Morgan fingerprint density at radius 1 is 1.24 bits per heavy atom. The molecule has 2 aromatic rings. The van der Waals surface area contributed by atoms with Crippen LogP contribution in [0.1, 0.15) is 20.8 Å². The van der Waals surface area contributed by atoms with Crippen molar-refractivity contribution in [2.24, 2.45) is 0 Å². The van der Waals surface area contributed by atoms with Gasteiger partial charge in [-0.25, -0.2) is 0 Å². The molecule has 2 heterocycles. The molecular weight excluding hydrogens is 284 g/mol. The van der Waals surface area contributed by atoms with E-state index in [1.807, 2.05) is 29.2 Å². The highest BCUT2D eigenvalue weighted by molar-refractivity contribution is 7.16. The van der Waals surface area contributed by atoms with Crippen LogP contribution in [0.15, 0.2) is 36.4 Å². The van der Waals surface area contributed by atoms with Gasteiger partial charge in [0.25, 0.3) is 5.91 Å². The van der Waals surface area contributed by atoms with E-state index in [9.17, 15) is 4.79 Å². The number of hydrogen-bond acceptors (Lipinski definition) is 4. The topological polar surface area (TPSA) is 55.6 Å². The van der Waals surface area contributed by atoms with E-state index < -0.39 is 0 Å². The van der Waals surface area contributed by atoms with Gasteiger partial charge in [0.1, 0.15) is 0 Å². The molecule has 0 atom stereocenters. The fourth-order valence-electron chi connectivity index (χ4n) is 2.45. The van der Waals surface area contributed by atoms with Gasteiger partial charge in [0.15, 0.2) is 0 Å². The number of nitrogens with zero attached hydrogens (tertiary/aromatic N) is 1. The molecule has 0 aliphatic carbocycles. The van der Waals surface area contributed by atoms with E-state index in [1.54, 1.807) is 0 Å². The summed E-state index contributed by atoms with van der Waals surface area (Å²) in [7, 11) is 0. The van der Waals surface area contributed by atoms with Crippen LogP contribution in [-0.2, 0) is 11.2 Å². The van der Waals surface area contributed by atoms with Gasteiger partial charge in [-0.2, -0.15) is 0 Å². The van der Waals surface area contributed by atoms with Crippen molar-refractivity contribution in [1.29, 1.82) is 0 Å². The molecule has 0 radical (unpaired) electrons. The Hall–Kier alpha value is -1.85. The Morgan fingerprint density at radius 2 is 1.95 bits per heavy atom. The number of hydrogen-bond donors (Lipinski definition) is 1. The van der Waals surface area contributed by atoms with Gasteiger partial charge in [-0.1, -0.05) is 30.3 Å². The molecule has 1 aliphatic heterocycles. The van der Waals surface area contributed by atoms with Crippen LogP contribution >= 0.6 is 11.3 Å². The van der Waals surface area contributed by atoms with Crippen molar-refractivity contribution in [2.45, 2.75) is 6.42 Å². The number of ether oxygens (including phenoxy) is 1. The van der Waals surface area contributed by atoms with Crippen molar-refractivity contribution in [3.05, 3.63) is 52.4 Å². The molecule has 1 saturated heterocycles. The summed E-state index contributed by atoms with van der Waals surface area (Å²) in [6.07, 6.45) is 0.812. The summed E-state index contributed by atoms with van der Waals surface area (Å²) in [5, 5.41) is 0.609. The highest BCUT2D eigenvalue weighted by atomic mass is 32.1. The highest BCUT2D eigenvalue weighted by Crippen LogP contribution is 2.28. The fraction of sp³-hybridized carbons (Fsp3) is 0.312. The van der Waals surface area contributed by atoms with E-state index in [4.69, 9.17) is 10.5 Å². The molecule has 1 aromatic heterocycles. The molecule has 2 N–H and O–H groups in total. The third kappa shape index (κ3) is 3.25. The molecule has 1 aromatic carbocycles. The maximum absolute atomic E-state index is 12.5. The van der Waals surface area contributed by atoms with E-state index in [2.05, 4.69) is 12.1 Å². The molecule has 0 spiro atoms. The molecule has 21 heavy (non-hydrogen) atoms. The van der Waals surface area contributed by atoms with Gasteiger partial charge in [-0.3, -0.25) is 4.79 Å². The Kier molecular flexibility index (Phi) is 4.22. The Morgan fingerprint density at radius 3 is 2.67 bits per heavy atom. The van der Waals surface area contributed by atoms with Crippen molar-refractivity contribution in [1.82, 2.24) is 4.90 Å². The average molecular weight is 302 g/mol. The maximum Gasteiger partial charge on any atom is 0.257 e. The molecule has 1 amide bonds. The van der Waals surface area contributed by atoms with Crippen molar-refractivity contribution in [3.8, 4) is 0 Å². The van der Waals surface area contributed by atoms with Crippen LogP contribution in [0, 0.1) is 0 Å². The number of carbonyl (C=O) groups excluding carboxylic acids is 1. The first-order valence-electron chi connectivity index (χ1n) is 7.03. The van der Waals surface area contributed by atoms with Crippen LogP contribution < -0.4 is 5.73 Å². The van der Waals surface area contributed by atoms with Gasteiger partial charge < -0.3 is 15.4 Å². The molecule has 1 aliphatic rings. The standard InChI is InChI=1S/C16H18N2O2S/c17-15-14(16(19)18-6-8-20-9-7-18)11-13(21-15)10-12-4-2-1-3-5-12/h1-5,11H,6-10,17H2. The Bertz CT molecular complexity index is 618. The zero-order chi connectivity index (χ0) is 14.7. The predicted octanol–water partition coefficient (Wildman–Crippen LogP) is 2.39. The van der Waals surface area contributed by atoms with E-state index in [0.717, 1.165) is 11.3 Å². The Labute approximate surface area is 128 Å². The summed E-state index contributed by atoms with van der Waals surface area (Å²) >= 11 is 1.50. The summed E-state index contributed by atoms with van der Waals surface area (Å²) < 4.78 is 5.28. The zero-order valence-electron chi connectivity index (χ0n) is 11.7. The molecular formula is C16H18N2O2S. The summed E-state index contributed by atoms with van der Waals surface area (Å²) in [6.45, 7) is 2.49. The monoisotopic (exact) mass is 302 g/mol. The third-order valence-electron chi connectivity index (χ3n) is 3.56. The van der Waals surface area contributed by atoms with Gasteiger partial charge in [0.2, 0.25) is 0 Å². The van der Waals surface area contributed by atoms with E-state index in [0.29, 0.717) is 36.9 Å². The van der Waals surface area contributed by atoms with Crippen molar-refractivity contribution >= 4 is 22.2 Å². The molecule has 0 bridgehead atoms. The van der Waals surface area contributed by atoms with E-state index in [-0.39, 0.29) is 5.91 Å². The van der Waals surface area contributed by atoms with Crippen LogP contribution in [0.3, 0.4) is 0 Å². The number of carbonyl (C=O) groups is 1. The maximum atomic E-state index is 12.5. The van der Waals surface area contributed by atoms with E-state index >= 15 is 0 Å². The van der Waals surface area contributed by atoms with Crippen molar-refractivity contribution in [3.63, 3.8) is 0 Å². The van der Waals surface area contributed by atoms with Crippen molar-refractivity contribution in [2.75, 3.05) is 32.0 Å². The molecule has 110 valence electrons. The lowest BCUT2D eigenvalue weighted by molar-refractivity contribution is 0.0304. The number of rotatable bonds is 3. The van der Waals surface area contributed by atoms with Gasteiger partial charge in [-0.05, 0) is 11.6 Å². The second-order valence-electron chi connectivity index (χ2n) is 5.06.